The van der Waals surface area contributed by atoms with Gasteiger partial charge < -0.3 is 14.2 Å². The molecule has 0 radical (unpaired) electrons. The quantitative estimate of drug-likeness (QED) is 0.143. The molecular formula is C58H38N2O. The lowest BCUT2D eigenvalue weighted by molar-refractivity contribution is 0.669. The summed E-state index contributed by atoms with van der Waals surface area (Å²) in [7, 11) is 0. The molecular weight excluding hydrogens is 741 g/mol. The minimum Gasteiger partial charge on any atom is -0.456 e. The van der Waals surface area contributed by atoms with E-state index >= 15 is 0 Å². The van der Waals surface area contributed by atoms with E-state index in [1.165, 1.54) is 54.6 Å². The first-order chi connectivity index (χ1) is 30.3. The Bertz CT molecular complexity index is 3520. The van der Waals surface area contributed by atoms with Gasteiger partial charge in [0.15, 0.2) is 0 Å². The lowest BCUT2D eigenvalue weighted by Gasteiger charge is -2.28. The highest BCUT2D eigenvalue weighted by molar-refractivity contribution is 6.28. The van der Waals surface area contributed by atoms with Gasteiger partial charge in [0.2, 0.25) is 0 Å². The molecule has 3 nitrogen and oxygen atoms in total. The fraction of sp³-hybridized carbons (Fsp3) is 0. The number of hydrogen-bond acceptors (Lipinski definition) is 3. The van der Waals surface area contributed by atoms with Crippen molar-refractivity contribution in [2.24, 2.45) is 0 Å². The van der Waals surface area contributed by atoms with E-state index in [1.807, 2.05) is 12.1 Å². The number of nitrogens with zero attached hydrogens (tertiary/aromatic N) is 2. The van der Waals surface area contributed by atoms with Crippen molar-refractivity contribution in [3.63, 3.8) is 0 Å². The van der Waals surface area contributed by atoms with Crippen molar-refractivity contribution in [3.8, 4) is 22.3 Å². The molecule has 0 aliphatic heterocycles. The summed E-state index contributed by atoms with van der Waals surface area (Å²) < 4.78 is 6.25. The Hall–Kier alpha value is -8.14. The van der Waals surface area contributed by atoms with Gasteiger partial charge in [-0.1, -0.05) is 158 Å². The Kier molecular flexibility index (Phi) is 8.17. The largest absolute Gasteiger partial charge is 0.456 e. The molecule has 0 aliphatic carbocycles. The molecule has 12 rings (SSSR count). The highest BCUT2D eigenvalue weighted by Gasteiger charge is 2.22. The fourth-order valence-corrected chi connectivity index (χ4v) is 9.41. The normalized spacial score (nSPS) is 11.6. The Morgan fingerprint density at radius 3 is 1.56 bits per heavy atom. The second kappa shape index (κ2) is 14.3. The molecule has 3 heteroatoms. The molecule has 286 valence electrons. The topological polar surface area (TPSA) is 19.6 Å². The standard InChI is InChI=1S/C58H38N2O/c1-4-14-39(15-5-1)48-20-10-12-22-53(48)59(43-16-6-2-7-17-43)45-30-24-40(25-31-45)47-33-26-41-28-35-51-54(36-29-42-27-34-50(47)57(41)58(42)51)60(44-18-8-3-9-19-44)46-32-37-56-52(38-46)49-21-11-13-23-55(49)61-56/h1-38H. The van der Waals surface area contributed by atoms with Crippen LogP contribution in [0.5, 0.6) is 0 Å². The number of benzene rings is 11. The van der Waals surface area contributed by atoms with Crippen LogP contribution in [-0.4, -0.2) is 0 Å². The number of furan rings is 1. The van der Waals surface area contributed by atoms with Crippen LogP contribution in [0, 0.1) is 0 Å². The van der Waals surface area contributed by atoms with Gasteiger partial charge in [0, 0.05) is 44.5 Å². The minimum absolute atomic E-state index is 0.888. The minimum atomic E-state index is 0.888. The van der Waals surface area contributed by atoms with Gasteiger partial charge in [-0.3, -0.25) is 0 Å². The van der Waals surface area contributed by atoms with E-state index in [0.29, 0.717) is 0 Å². The van der Waals surface area contributed by atoms with E-state index in [0.717, 1.165) is 56.1 Å². The zero-order valence-electron chi connectivity index (χ0n) is 33.2. The van der Waals surface area contributed by atoms with Crippen molar-refractivity contribution in [2.75, 3.05) is 9.80 Å². The highest BCUT2D eigenvalue weighted by atomic mass is 16.3. The lowest BCUT2D eigenvalue weighted by Crippen LogP contribution is -2.11. The van der Waals surface area contributed by atoms with E-state index in [4.69, 9.17) is 4.42 Å². The average molecular weight is 779 g/mol. The SMILES string of the molecule is c1ccc(-c2ccccc2N(c2ccccc2)c2ccc(-c3ccc4ccc5c(N(c6ccccc6)c6ccc7oc8ccccc8c7c6)ccc6ccc3c4c65)cc2)cc1. The molecule has 0 bridgehead atoms. The Morgan fingerprint density at radius 1 is 0.279 bits per heavy atom. The van der Waals surface area contributed by atoms with Crippen LogP contribution in [0.3, 0.4) is 0 Å². The van der Waals surface area contributed by atoms with Gasteiger partial charge in [-0.25, -0.2) is 0 Å². The second-order valence-corrected chi connectivity index (χ2v) is 15.7. The summed E-state index contributed by atoms with van der Waals surface area (Å²) in [5.41, 5.74) is 13.2. The van der Waals surface area contributed by atoms with Crippen molar-refractivity contribution >= 4 is 88.4 Å². The van der Waals surface area contributed by atoms with Gasteiger partial charge >= 0.3 is 0 Å². The van der Waals surface area contributed by atoms with Gasteiger partial charge in [-0.15, -0.1) is 0 Å². The van der Waals surface area contributed by atoms with Crippen LogP contribution >= 0.6 is 0 Å². The number of anilines is 6. The average Bonchev–Trinajstić information content (AvgIpc) is 3.71. The van der Waals surface area contributed by atoms with E-state index in [2.05, 4.69) is 228 Å². The third kappa shape index (κ3) is 5.82. The Labute approximate surface area is 353 Å². The third-order valence-electron chi connectivity index (χ3n) is 12.2. The molecule has 1 heterocycles. The summed E-state index contributed by atoms with van der Waals surface area (Å²) in [6.07, 6.45) is 0. The van der Waals surface area contributed by atoms with E-state index in [-0.39, 0.29) is 0 Å². The van der Waals surface area contributed by atoms with E-state index in [1.54, 1.807) is 0 Å². The predicted octanol–water partition coefficient (Wildman–Crippen LogP) is 16.8. The van der Waals surface area contributed by atoms with Crippen LogP contribution < -0.4 is 9.80 Å². The van der Waals surface area contributed by atoms with Crippen LogP contribution in [0.4, 0.5) is 34.1 Å². The predicted molar refractivity (Wildman–Crippen MR) is 258 cm³/mol. The van der Waals surface area contributed by atoms with Crippen molar-refractivity contribution < 1.29 is 4.42 Å². The molecule has 0 spiro atoms. The van der Waals surface area contributed by atoms with Gasteiger partial charge in [-0.2, -0.15) is 0 Å². The molecule has 0 fully saturated rings. The number of hydrogen-bond donors (Lipinski definition) is 0. The zero-order valence-corrected chi connectivity index (χ0v) is 33.2. The van der Waals surface area contributed by atoms with Gasteiger partial charge in [0.05, 0.1) is 11.4 Å². The molecule has 0 unspecified atom stereocenters. The zero-order chi connectivity index (χ0) is 40.3. The first kappa shape index (κ1) is 34.9. The van der Waals surface area contributed by atoms with Gasteiger partial charge in [0.1, 0.15) is 11.2 Å². The maximum Gasteiger partial charge on any atom is 0.135 e. The summed E-state index contributed by atoms with van der Waals surface area (Å²) in [6, 6.07) is 82.9. The summed E-state index contributed by atoms with van der Waals surface area (Å²) in [6.45, 7) is 0. The highest BCUT2D eigenvalue weighted by Crippen LogP contribution is 2.47. The Morgan fingerprint density at radius 2 is 0.803 bits per heavy atom. The first-order valence-corrected chi connectivity index (χ1v) is 20.8. The molecule has 0 saturated carbocycles. The molecule has 0 N–H and O–H groups in total. The summed E-state index contributed by atoms with van der Waals surface area (Å²) in [4.78, 5) is 4.75. The Balaban J connectivity index is 0.999. The smallest absolute Gasteiger partial charge is 0.135 e. The summed E-state index contributed by atoms with van der Waals surface area (Å²) >= 11 is 0. The van der Waals surface area contributed by atoms with Crippen LogP contribution in [0.2, 0.25) is 0 Å². The van der Waals surface area contributed by atoms with Crippen molar-refractivity contribution in [2.45, 2.75) is 0 Å². The molecule has 12 aromatic rings. The van der Waals surface area contributed by atoms with Crippen molar-refractivity contribution in [1.29, 1.82) is 0 Å². The second-order valence-electron chi connectivity index (χ2n) is 15.7. The third-order valence-corrected chi connectivity index (χ3v) is 12.2. The fourth-order valence-electron chi connectivity index (χ4n) is 9.41. The van der Waals surface area contributed by atoms with Crippen LogP contribution in [0.1, 0.15) is 0 Å². The van der Waals surface area contributed by atoms with Crippen LogP contribution in [0.15, 0.2) is 235 Å². The molecule has 0 atom stereocenters. The molecule has 0 saturated heterocycles. The lowest BCUT2D eigenvalue weighted by atomic mass is 9.89. The molecule has 0 aliphatic rings. The van der Waals surface area contributed by atoms with E-state index in [9.17, 15) is 0 Å². The van der Waals surface area contributed by atoms with Crippen molar-refractivity contribution in [1.82, 2.24) is 0 Å². The van der Waals surface area contributed by atoms with Crippen molar-refractivity contribution in [3.05, 3.63) is 231 Å². The monoisotopic (exact) mass is 778 g/mol. The molecule has 0 amide bonds. The maximum absolute atomic E-state index is 6.25. The van der Waals surface area contributed by atoms with Gasteiger partial charge in [-0.05, 0) is 116 Å². The van der Waals surface area contributed by atoms with Gasteiger partial charge in [0.25, 0.3) is 0 Å². The maximum atomic E-state index is 6.25. The molecule has 1 aromatic heterocycles. The van der Waals surface area contributed by atoms with E-state index < -0.39 is 0 Å². The first-order valence-electron chi connectivity index (χ1n) is 20.8. The van der Waals surface area contributed by atoms with Crippen LogP contribution in [-0.2, 0) is 0 Å². The number of fused-ring (bicyclic) bond motifs is 3. The summed E-state index contributed by atoms with van der Waals surface area (Å²) in [5, 5.41) is 9.69. The van der Waals surface area contributed by atoms with Crippen LogP contribution in [0.25, 0.3) is 76.5 Å². The molecule has 11 aromatic carbocycles. The number of rotatable bonds is 8. The summed E-state index contributed by atoms with van der Waals surface area (Å²) in [5.74, 6) is 0. The molecule has 61 heavy (non-hydrogen) atoms. The number of para-hydroxylation sites is 4.